The van der Waals surface area contributed by atoms with E-state index in [2.05, 4.69) is 31.8 Å². The Labute approximate surface area is 159 Å². The van der Waals surface area contributed by atoms with Gasteiger partial charge in [-0.1, -0.05) is 18.5 Å². The molecular formula is C17H18ClN7S. The largest absolute Gasteiger partial charge is 0.355 e. The molecule has 0 spiro atoms. The van der Waals surface area contributed by atoms with Gasteiger partial charge in [0.05, 0.1) is 15.3 Å². The molecule has 26 heavy (non-hydrogen) atoms. The first-order chi connectivity index (χ1) is 12.7. The van der Waals surface area contributed by atoms with Crippen molar-refractivity contribution in [3.8, 4) is 0 Å². The smallest absolute Gasteiger partial charge is 0.196 e. The van der Waals surface area contributed by atoms with Crippen molar-refractivity contribution in [2.75, 3.05) is 18.0 Å². The van der Waals surface area contributed by atoms with Gasteiger partial charge in [0.15, 0.2) is 5.16 Å². The highest BCUT2D eigenvalue weighted by molar-refractivity contribution is 7.99. The zero-order chi connectivity index (χ0) is 17.8. The second-order valence-electron chi connectivity index (χ2n) is 6.81. The van der Waals surface area contributed by atoms with Crippen LogP contribution in [-0.4, -0.2) is 44.1 Å². The molecule has 4 heterocycles. The van der Waals surface area contributed by atoms with E-state index in [1.165, 1.54) is 18.1 Å². The molecule has 3 aromatic heterocycles. The summed E-state index contributed by atoms with van der Waals surface area (Å²) in [4.78, 5) is 24.2. The standard InChI is InChI=1S/C17H18ClN7S/c1-2-11-13(18)12-15(22-11)23-17(26-8-3-20-7-21-4-8)24-16(12)25-5-9-10(6-25)14(9)19/h3-4,7,9-10,14H,2,5-6,19H2,1H3,(H,22,23,24)/t9-,10+,14?. The van der Waals surface area contributed by atoms with E-state index in [4.69, 9.17) is 22.3 Å². The van der Waals surface area contributed by atoms with E-state index in [0.717, 1.165) is 52.0 Å². The quantitative estimate of drug-likeness (QED) is 0.664. The Bertz CT molecular complexity index is 964. The third kappa shape index (κ3) is 2.55. The number of aromatic nitrogens is 5. The fourth-order valence-electron chi connectivity index (χ4n) is 3.78. The second kappa shape index (κ2) is 6.07. The van der Waals surface area contributed by atoms with Gasteiger partial charge in [-0.05, 0) is 30.0 Å². The van der Waals surface area contributed by atoms with Crippen molar-refractivity contribution in [1.29, 1.82) is 0 Å². The third-order valence-electron chi connectivity index (χ3n) is 5.28. The molecule has 0 bridgehead atoms. The molecule has 2 fully saturated rings. The van der Waals surface area contributed by atoms with Crippen LogP contribution in [0.4, 0.5) is 5.82 Å². The number of aromatic amines is 1. The van der Waals surface area contributed by atoms with Crippen molar-refractivity contribution < 1.29 is 0 Å². The lowest BCUT2D eigenvalue weighted by Gasteiger charge is -2.21. The summed E-state index contributed by atoms with van der Waals surface area (Å²) in [6, 6.07) is 0.340. The molecule has 3 atom stereocenters. The zero-order valence-electron chi connectivity index (χ0n) is 14.2. The number of H-pyrrole nitrogens is 1. The average molecular weight is 388 g/mol. The molecule has 7 nitrogen and oxygen atoms in total. The van der Waals surface area contributed by atoms with Gasteiger partial charge in [-0.2, -0.15) is 0 Å². The van der Waals surface area contributed by atoms with Crippen LogP contribution in [0.25, 0.3) is 11.0 Å². The monoisotopic (exact) mass is 387 g/mol. The molecule has 9 heteroatoms. The fourth-order valence-corrected chi connectivity index (χ4v) is 4.84. The molecule has 1 saturated heterocycles. The molecule has 1 saturated carbocycles. The van der Waals surface area contributed by atoms with Crippen LogP contribution in [0.15, 0.2) is 28.8 Å². The van der Waals surface area contributed by atoms with Gasteiger partial charge >= 0.3 is 0 Å². The summed E-state index contributed by atoms with van der Waals surface area (Å²) in [5.41, 5.74) is 7.87. The molecule has 0 amide bonds. The lowest BCUT2D eigenvalue weighted by atomic mass is 10.2. The Hall–Kier alpha value is -1.90. The number of nitrogens with two attached hydrogens (primary N) is 1. The summed E-state index contributed by atoms with van der Waals surface area (Å²) in [7, 11) is 0. The number of anilines is 1. The maximum Gasteiger partial charge on any atom is 0.196 e. The number of fused-ring (bicyclic) bond motifs is 2. The molecule has 0 aromatic carbocycles. The minimum absolute atomic E-state index is 0.340. The van der Waals surface area contributed by atoms with Gasteiger partial charge < -0.3 is 15.6 Å². The number of aryl methyl sites for hydroxylation is 1. The van der Waals surface area contributed by atoms with Gasteiger partial charge in [0.2, 0.25) is 0 Å². The first-order valence-electron chi connectivity index (χ1n) is 8.67. The van der Waals surface area contributed by atoms with E-state index in [1.807, 2.05) is 0 Å². The summed E-state index contributed by atoms with van der Waals surface area (Å²) in [6.45, 7) is 3.93. The molecule has 1 unspecified atom stereocenters. The van der Waals surface area contributed by atoms with Gasteiger partial charge in [0, 0.05) is 37.2 Å². The summed E-state index contributed by atoms with van der Waals surface area (Å²) < 4.78 is 0. The van der Waals surface area contributed by atoms with Gasteiger partial charge in [-0.15, -0.1) is 0 Å². The van der Waals surface area contributed by atoms with Crippen LogP contribution in [-0.2, 0) is 6.42 Å². The Kier molecular flexibility index (Phi) is 3.80. The van der Waals surface area contributed by atoms with Crippen molar-refractivity contribution in [1.82, 2.24) is 24.9 Å². The van der Waals surface area contributed by atoms with Crippen molar-refractivity contribution in [3.05, 3.63) is 29.4 Å². The Morgan fingerprint density at radius 2 is 2.00 bits per heavy atom. The maximum absolute atomic E-state index is 6.64. The number of hydrogen-bond acceptors (Lipinski definition) is 7. The summed E-state index contributed by atoms with van der Waals surface area (Å²) in [5.74, 6) is 2.04. The van der Waals surface area contributed by atoms with Crippen LogP contribution in [0, 0.1) is 11.8 Å². The molecular weight excluding hydrogens is 370 g/mol. The third-order valence-corrected chi connectivity index (χ3v) is 6.51. The lowest BCUT2D eigenvalue weighted by Crippen LogP contribution is -2.29. The average Bonchev–Trinajstić information content (AvgIpc) is 3.02. The number of hydrogen-bond donors (Lipinski definition) is 2. The maximum atomic E-state index is 6.64. The number of rotatable bonds is 4. The lowest BCUT2D eigenvalue weighted by molar-refractivity contribution is 0.732. The predicted octanol–water partition coefficient (Wildman–Crippen LogP) is 2.51. The normalized spacial score (nSPS) is 24.3. The van der Waals surface area contributed by atoms with Crippen LogP contribution in [0.5, 0.6) is 0 Å². The topological polar surface area (TPSA) is 96.6 Å². The molecule has 1 aliphatic heterocycles. The van der Waals surface area contributed by atoms with E-state index in [-0.39, 0.29) is 0 Å². The minimum Gasteiger partial charge on any atom is -0.355 e. The van der Waals surface area contributed by atoms with E-state index in [0.29, 0.717) is 23.0 Å². The summed E-state index contributed by atoms with van der Waals surface area (Å²) >= 11 is 8.09. The van der Waals surface area contributed by atoms with Crippen LogP contribution in [0.2, 0.25) is 5.02 Å². The van der Waals surface area contributed by atoms with Crippen molar-refractivity contribution >= 4 is 40.2 Å². The van der Waals surface area contributed by atoms with E-state index in [1.54, 1.807) is 12.4 Å². The molecule has 3 N–H and O–H groups in total. The SMILES string of the molecule is CCc1[nH]c2nc(Sc3cncnc3)nc(N3C[C@@H]4C(N)[C@@H]4C3)c2c1Cl. The van der Waals surface area contributed by atoms with E-state index < -0.39 is 0 Å². The highest BCUT2D eigenvalue weighted by Gasteiger charge is 2.54. The van der Waals surface area contributed by atoms with E-state index in [9.17, 15) is 0 Å². The fraction of sp³-hybridized carbons (Fsp3) is 0.412. The van der Waals surface area contributed by atoms with Crippen molar-refractivity contribution in [2.24, 2.45) is 17.6 Å². The Morgan fingerprint density at radius 1 is 1.27 bits per heavy atom. The van der Waals surface area contributed by atoms with Crippen LogP contribution in [0.3, 0.4) is 0 Å². The molecule has 3 aromatic rings. The number of piperidine rings is 1. The Morgan fingerprint density at radius 3 is 2.69 bits per heavy atom. The predicted molar refractivity (Wildman–Crippen MR) is 102 cm³/mol. The number of nitrogens with one attached hydrogen (secondary N) is 1. The first kappa shape index (κ1) is 16.3. The summed E-state index contributed by atoms with van der Waals surface area (Å²) in [5, 5.41) is 2.29. The van der Waals surface area contributed by atoms with Crippen molar-refractivity contribution in [2.45, 2.75) is 29.4 Å². The molecule has 134 valence electrons. The molecule has 2 aliphatic rings. The second-order valence-corrected chi connectivity index (χ2v) is 8.23. The van der Waals surface area contributed by atoms with Gasteiger partial charge in [-0.3, -0.25) is 0 Å². The van der Waals surface area contributed by atoms with Crippen LogP contribution < -0.4 is 10.6 Å². The number of nitrogens with zero attached hydrogens (tertiary/aromatic N) is 5. The molecule has 5 rings (SSSR count). The highest BCUT2D eigenvalue weighted by Crippen LogP contribution is 2.47. The minimum atomic E-state index is 0.340. The first-order valence-corrected chi connectivity index (χ1v) is 9.86. The van der Waals surface area contributed by atoms with Gasteiger partial charge in [0.25, 0.3) is 0 Å². The Balaban J connectivity index is 1.59. The highest BCUT2D eigenvalue weighted by atomic mass is 35.5. The number of halogens is 1. The van der Waals surface area contributed by atoms with E-state index >= 15 is 0 Å². The zero-order valence-corrected chi connectivity index (χ0v) is 15.8. The van der Waals surface area contributed by atoms with Crippen LogP contribution in [0.1, 0.15) is 12.6 Å². The molecule has 1 aliphatic carbocycles. The van der Waals surface area contributed by atoms with Crippen LogP contribution >= 0.6 is 23.4 Å². The molecule has 0 radical (unpaired) electrons. The van der Waals surface area contributed by atoms with Gasteiger partial charge in [-0.25, -0.2) is 19.9 Å². The summed E-state index contributed by atoms with van der Waals surface area (Å²) in [6.07, 6.45) is 5.85. The van der Waals surface area contributed by atoms with Gasteiger partial charge in [0.1, 0.15) is 17.8 Å². The van der Waals surface area contributed by atoms with Crippen molar-refractivity contribution in [3.63, 3.8) is 0 Å².